The predicted octanol–water partition coefficient (Wildman–Crippen LogP) is 2.44. The quantitative estimate of drug-likeness (QED) is 0.740. The van der Waals surface area contributed by atoms with Crippen molar-refractivity contribution in [3.05, 3.63) is 26.3 Å². The third-order valence-corrected chi connectivity index (χ3v) is 6.55. The Morgan fingerprint density at radius 3 is 2.59 bits per heavy atom. The van der Waals surface area contributed by atoms with E-state index < -0.39 is 10.0 Å². The van der Waals surface area contributed by atoms with Crippen LogP contribution in [0.15, 0.2) is 31.2 Å². The van der Waals surface area contributed by atoms with Crippen molar-refractivity contribution in [3.8, 4) is 0 Å². The molecule has 0 atom stereocenters. The minimum atomic E-state index is -3.60. The molecule has 0 amide bonds. The topological polar surface area (TPSA) is 57.6 Å². The number of hydrogen-bond donors (Lipinski definition) is 1. The molecule has 0 aromatic carbocycles. The maximum atomic E-state index is 12.3. The lowest BCUT2D eigenvalue weighted by Crippen LogP contribution is -2.33. The Morgan fingerprint density at radius 2 is 2.18 bits per heavy atom. The van der Waals surface area contributed by atoms with E-state index in [2.05, 4.69) is 38.4 Å². The molecule has 1 aromatic heterocycles. The van der Waals surface area contributed by atoms with Crippen molar-refractivity contribution < 1.29 is 13.5 Å². The van der Waals surface area contributed by atoms with E-state index in [1.165, 1.54) is 27.8 Å². The van der Waals surface area contributed by atoms with Gasteiger partial charge >= 0.3 is 0 Å². The Hall–Kier alpha value is 0.270. The minimum Gasteiger partial charge on any atom is -0.395 e. The second-order valence-corrected chi connectivity index (χ2v) is 8.72. The van der Waals surface area contributed by atoms with Crippen LogP contribution in [0.3, 0.4) is 0 Å². The summed E-state index contributed by atoms with van der Waals surface area (Å²) in [4.78, 5) is 0.199. The zero-order valence-electron chi connectivity index (χ0n) is 8.77. The molecule has 0 saturated carbocycles. The van der Waals surface area contributed by atoms with Gasteiger partial charge in [0, 0.05) is 13.1 Å². The maximum Gasteiger partial charge on any atom is 0.245 e. The van der Waals surface area contributed by atoms with E-state index in [-0.39, 0.29) is 24.6 Å². The van der Waals surface area contributed by atoms with Crippen LogP contribution >= 0.6 is 43.2 Å². The third-order valence-electron chi connectivity index (χ3n) is 1.93. The summed E-state index contributed by atoms with van der Waals surface area (Å²) in [5.41, 5.74) is 0. The van der Waals surface area contributed by atoms with Gasteiger partial charge in [-0.25, -0.2) is 8.42 Å². The Balaban J connectivity index is 3.15. The normalized spacial score (nSPS) is 12.0. The molecule has 0 aliphatic carbocycles. The molecule has 0 aliphatic heterocycles. The van der Waals surface area contributed by atoms with E-state index in [4.69, 9.17) is 5.11 Å². The highest BCUT2D eigenvalue weighted by Gasteiger charge is 2.27. The lowest BCUT2D eigenvalue weighted by atomic mass is 10.6. The number of aliphatic hydroxyl groups excluding tert-OH is 1. The molecule has 0 unspecified atom stereocenters. The number of nitrogens with zero attached hydrogens (tertiary/aromatic N) is 1. The van der Waals surface area contributed by atoms with Gasteiger partial charge in [0.1, 0.15) is 4.90 Å². The first-order valence-electron chi connectivity index (χ1n) is 4.60. The van der Waals surface area contributed by atoms with Crippen LogP contribution in [0.5, 0.6) is 0 Å². The molecule has 0 saturated heterocycles. The van der Waals surface area contributed by atoms with Crippen molar-refractivity contribution in [1.29, 1.82) is 0 Å². The SMILES string of the molecule is C=CCN(CCO)S(=O)(=O)c1cc(Br)sc1Br. The first-order chi connectivity index (χ1) is 7.93. The zero-order chi connectivity index (χ0) is 13.1. The summed E-state index contributed by atoms with van der Waals surface area (Å²) >= 11 is 7.75. The third kappa shape index (κ3) is 3.62. The zero-order valence-corrected chi connectivity index (χ0v) is 13.6. The molecule has 1 rings (SSSR count). The average Bonchev–Trinajstić information content (AvgIpc) is 2.58. The molecule has 0 aliphatic rings. The molecule has 0 bridgehead atoms. The fourth-order valence-corrected chi connectivity index (χ4v) is 6.37. The summed E-state index contributed by atoms with van der Waals surface area (Å²) in [5.74, 6) is 0. The monoisotopic (exact) mass is 403 g/mol. The maximum absolute atomic E-state index is 12.3. The van der Waals surface area contributed by atoms with Gasteiger partial charge in [-0.15, -0.1) is 17.9 Å². The second-order valence-electron chi connectivity index (χ2n) is 3.06. The summed E-state index contributed by atoms with van der Waals surface area (Å²) in [7, 11) is -3.60. The Bertz CT molecular complexity index is 498. The van der Waals surface area contributed by atoms with Crippen LogP contribution in [0.1, 0.15) is 0 Å². The number of aliphatic hydroxyl groups is 1. The van der Waals surface area contributed by atoms with Crippen molar-refractivity contribution in [3.63, 3.8) is 0 Å². The Morgan fingerprint density at radius 1 is 1.53 bits per heavy atom. The van der Waals surface area contributed by atoms with Gasteiger partial charge in [-0.3, -0.25) is 0 Å². The predicted molar refractivity (Wildman–Crippen MR) is 75.8 cm³/mol. The fourth-order valence-electron chi connectivity index (χ4n) is 1.21. The van der Waals surface area contributed by atoms with Crippen molar-refractivity contribution >= 4 is 53.2 Å². The van der Waals surface area contributed by atoms with Crippen LogP contribution in [-0.2, 0) is 10.0 Å². The van der Waals surface area contributed by atoms with E-state index in [0.29, 0.717) is 3.79 Å². The van der Waals surface area contributed by atoms with Crippen LogP contribution < -0.4 is 0 Å². The Kier molecular flexibility index (Phi) is 5.81. The van der Waals surface area contributed by atoms with Gasteiger partial charge in [0.2, 0.25) is 10.0 Å². The Labute approximate surface area is 121 Å². The molecular formula is C9H11Br2NO3S2. The number of rotatable bonds is 6. The van der Waals surface area contributed by atoms with Gasteiger partial charge in [0.05, 0.1) is 14.2 Å². The molecule has 1 N–H and O–H groups in total. The van der Waals surface area contributed by atoms with Crippen molar-refractivity contribution in [2.75, 3.05) is 19.7 Å². The summed E-state index contributed by atoms with van der Waals surface area (Å²) in [5, 5.41) is 8.89. The van der Waals surface area contributed by atoms with E-state index in [9.17, 15) is 8.42 Å². The van der Waals surface area contributed by atoms with Crippen LogP contribution in [0.4, 0.5) is 0 Å². The van der Waals surface area contributed by atoms with Gasteiger partial charge < -0.3 is 5.11 Å². The second kappa shape index (κ2) is 6.44. The van der Waals surface area contributed by atoms with Crippen molar-refractivity contribution in [2.45, 2.75) is 4.90 Å². The van der Waals surface area contributed by atoms with Crippen molar-refractivity contribution in [2.24, 2.45) is 0 Å². The van der Waals surface area contributed by atoms with Gasteiger partial charge in [0.15, 0.2) is 0 Å². The van der Waals surface area contributed by atoms with E-state index >= 15 is 0 Å². The van der Waals surface area contributed by atoms with Crippen LogP contribution in [0.2, 0.25) is 0 Å². The molecule has 8 heteroatoms. The highest BCUT2D eigenvalue weighted by molar-refractivity contribution is 9.12. The lowest BCUT2D eigenvalue weighted by molar-refractivity contribution is 0.260. The number of hydrogen-bond acceptors (Lipinski definition) is 4. The van der Waals surface area contributed by atoms with Gasteiger partial charge in [-0.05, 0) is 37.9 Å². The first kappa shape index (κ1) is 15.3. The van der Waals surface area contributed by atoms with Crippen LogP contribution in [0.25, 0.3) is 0 Å². The molecule has 1 heterocycles. The van der Waals surface area contributed by atoms with Crippen LogP contribution in [-0.4, -0.2) is 37.5 Å². The van der Waals surface area contributed by atoms with Crippen molar-refractivity contribution in [1.82, 2.24) is 4.31 Å². The smallest absolute Gasteiger partial charge is 0.245 e. The van der Waals surface area contributed by atoms with Gasteiger partial charge in [0.25, 0.3) is 0 Å². The standard InChI is InChI=1S/C9H11Br2NO3S2/c1-2-3-12(4-5-13)17(14,15)7-6-8(10)16-9(7)11/h2,6,13H,1,3-5H2. The summed E-state index contributed by atoms with van der Waals surface area (Å²) in [6.07, 6.45) is 1.49. The van der Waals surface area contributed by atoms with E-state index in [1.54, 1.807) is 0 Å². The molecule has 1 aromatic rings. The molecule has 0 radical (unpaired) electrons. The van der Waals surface area contributed by atoms with E-state index in [1.807, 2.05) is 0 Å². The largest absolute Gasteiger partial charge is 0.395 e. The van der Waals surface area contributed by atoms with Gasteiger partial charge in [-0.2, -0.15) is 4.31 Å². The van der Waals surface area contributed by atoms with Crippen LogP contribution in [0, 0.1) is 0 Å². The fraction of sp³-hybridized carbons (Fsp3) is 0.333. The number of thiophene rings is 1. The lowest BCUT2D eigenvalue weighted by Gasteiger charge is -2.19. The highest BCUT2D eigenvalue weighted by atomic mass is 79.9. The molecule has 17 heavy (non-hydrogen) atoms. The molecule has 0 fully saturated rings. The molecule has 0 spiro atoms. The van der Waals surface area contributed by atoms with Gasteiger partial charge in [-0.1, -0.05) is 6.08 Å². The number of sulfonamides is 1. The molecular weight excluding hydrogens is 394 g/mol. The first-order valence-corrected chi connectivity index (χ1v) is 8.44. The molecule has 4 nitrogen and oxygen atoms in total. The molecule has 96 valence electrons. The summed E-state index contributed by atoms with van der Waals surface area (Å²) in [6, 6.07) is 1.54. The number of halogens is 2. The van der Waals surface area contributed by atoms with E-state index in [0.717, 1.165) is 3.79 Å². The summed E-state index contributed by atoms with van der Waals surface area (Å²) < 4.78 is 27.0. The summed E-state index contributed by atoms with van der Waals surface area (Å²) in [6.45, 7) is 3.50. The highest BCUT2D eigenvalue weighted by Crippen LogP contribution is 2.36. The average molecular weight is 405 g/mol. The minimum absolute atomic E-state index is 0.0499.